The highest BCUT2D eigenvalue weighted by molar-refractivity contribution is 7.20. The number of fused-ring (bicyclic) bond motifs is 1. The Hall–Kier alpha value is -1.89. The van der Waals surface area contributed by atoms with Gasteiger partial charge in [-0.1, -0.05) is 36.7 Å². The summed E-state index contributed by atoms with van der Waals surface area (Å²) >= 11 is 1.37. The van der Waals surface area contributed by atoms with Crippen molar-refractivity contribution in [3.63, 3.8) is 0 Å². The fourth-order valence-electron chi connectivity index (χ4n) is 3.78. The van der Waals surface area contributed by atoms with E-state index in [9.17, 15) is 9.18 Å². The molecule has 1 saturated heterocycles. The molecule has 1 N–H and O–H groups in total. The first-order chi connectivity index (χ1) is 12.7. The van der Waals surface area contributed by atoms with Crippen molar-refractivity contribution < 1.29 is 13.9 Å². The summed E-state index contributed by atoms with van der Waals surface area (Å²) in [5.41, 5.74) is 0.372. The number of thiazole rings is 1. The standard InChI is InChI=1S/C19H24FN3O2S/c20-15-7-4-8-16-17(15)22-19(26-16)25-14-9-11-23(12-10-14)18(24)21-13-5-2-1-3-6-13/h4,7-8,13-14H,1-3,5-6,9-12H2,(H,21,24). The molecule has 0 radical (unpaired) electrons. The minimum Gasteiger partial charge on any atom is -0.467 e. The van der Waals surface area contributed by atoms with E-state index in [1.165, 1.54) is 36.7 Å². The summed E-state index contributed by atoms with van der Waals surface area (Å²) < 4.78 is 20.5. The SMILES string of the molecule is O=C(NC1CCCCC1)N1CCC(Oc2nc3c(F)cccc3s2)CC1. The Balaban J connectivity index is 1.28. The van der Waals surface area contributed by atoms with Crippen molar-refractivity contribution in [2.45, 2.75) is 57.1 Å². The summed E-state index contributed by atoms with van der Waals surface area (Å²) in [5, 5.41) is 3.68. The number of para-hydroxylation sites is 1. The number of hydrogen-bond acceptors (Lipinski definition) is 4. The Morgan fingerprint density at radius 2 is 1.96 bits per heavy atom. The van der Waals surface area contributed by atoms with Gasteiger partial charge in [-0.05, 0) is 25.0 Å². The summed E-state index contributed by atoms with van der Waals surface area (Å²) in [4.78, 5) is 18.6. The maximum atomic E-state index is 13.7. The Morgan fingerprint density at radius 3 is 2.69 bits per heavy atom. The van der Waals surface area contributed by atoms with Crippen LogP contribution in [0.4, 0.5) is 9.18 Å². The molecule has 140 valence electrons. The lowest BCUT2D eigenvalue weighted by Gasteiger charge is -2.33. The van der Waals surface area contributed by atoms with Crippen LogP contribution in [0, 0.1) is 5.82 Å². The van der Waals surface area contributed by atoms with E-state index in [2.05, 4.69) is 10.3 Å². The molecule has 0 atom stereocenters. The van der Waals surface area contributed by atoms with Crippen LogP contribution in [0.25, 0.3) is 10.2 Å². The molecule has 1 aromatic carbocycles. The molecule has 1 aliphatic carbocycles. The Bertz CT molecular complexity index is 767. The van der Waals surface area contributed by atoms with E-state index in [1.807, 2.05) is 11.0 Å². The van der Waals surface area contributed by atoms with Gasteiger partial charge >= 0.3 is 6.03 Å². The summed E-state index contributed by atoms with van der Waals surface area (Å²) in [6.07, 6.45) is 7.47. The second-order valence-electron chi connectivity index (χ2n) is 7.16. The van der Waals surface area contributed by atoms with Crippen molar-refractivity contribution in [1.29, 1.82) is 0 Å². The predicted octanol–water partition coefficient (Wildman–Crippen LogP) is 4.32. The van der Waals surface area contributed by atoms with Crippen molar-refractivity contribution in [2.24, 2.45) is 0 Å². The normalized spacial score (nSPS) is 19.7. The number of halogens is 1. The van der Waals surface area contributed by atoms with Gasteiger partial charge in [-0.15, -0.1) is 0 Å². The fourth-order valence-corrected chi connectivity index (χ4v) is 4.67. The smallest absolute Gasteiger partial charge is 0.317 e. The van der Waals surface area contributed by atoms with Crippen molar-refractivity contribution in [3.8, 4) is 5.19 Å². The minimum atomic E-state index is -0.317. The highest BCUT2D eigenvalue weighted by Crippen LogP contribution is 2.31. The summed E-state index contributed by atoms with van der Waals surface area (Å²) in [6.45, 7) is 1.37. The van der Waals surface area contributed by atoms with Crippen LogP contribution in [0.15, 0.2) is 18.2 Å². The number of hydrogen-bond donors (Lipinski definition) is 1. The quantitative estimate of drug-likeness (QED) is 0.867. The number of nitrogens with zero attached hydrogens (tertiary/aromatic N) is 2. The van der Waals surface area contributed by atoms with Gasteiger partial charge in [-0.2, -0.15) is 4.98 Å². The molecule has 1 aromatic heterocycles. The van der Waals surface area contributed by atoms with Crippen molar-refractivity contribution in [3.05, 3.63) is 24.0 Å². The number of urea groups is 1. The highest BCUT2D eigenvalue weighted by atomic mass is 32.1. The molecular weight excluding hydrogens is 353 g/mol. The lowest BCUT2D eigenvalue weighted by atomic mass is 9.96. The average molecular weight is 377 g/mol. The van der Waals surface area contributed by atoms with E-state index in [4.69, 9.17) is 4.74 Å². The molecule has 2 amide bonds. The second kappa shape index (κ2) is 7.78. The number of rotatable bonds is 3. The fraction of sp³-hybridized carbons (Fsp3) is 0.579. The Kier molecular flexibility index (Phi) is 5.24. The molecule has 0 bridgehead atoms. The predicted molar refractivity (Wildman–Crippen MR) is 100 cm³/mol. The van der Waals surface area contributed by atoms with Gasteiger partial charge in [-0.25, -0.2) is 9.18 Å². The highest BCUT2D eigenvalue weighted by Gasteiger charge is 2.26. The van der Waals surface area contributed by atoms with E-state index in [1.54, 1.807) is 6.07 Å². The molecule has 0 spiro atoms. The summed E-state index contributed by atoms with van der Waals surface area (Å²) in [7, 11) is 0. The van der Waals surface area contributed by atoms with Gasteiger partial charge in [-0.3, -0.25) is 0 Å². The van der Waals surface area contributed by atoms with E-state index in [-0.39, 0.29) is 18.0 Å². The Labute approximate surface area is 156 Å². The van der Waals surface area contributed by atoms with E-state index in [0.29, 0.717) is 29.8 Å². The molecule has 2 aromatic rings. The number of carbonyl (C=O) groups excluding carboxylic acids is 1. The summed E-state index contributed by atoms with van der Waals surface area (Å²) in [5.74, 6) is -0.317. The number of ether oxygens (including phenoxy) is 1. The van der Waals surface area contributed by atoms with Crippen LogP contribution in [0.3, 0.4) is 0 Å². The average Bonchev–Trinajstić information content (AvgIpc) is 3.07. The molecule has 5 nitrogen and oxygen atoms in total. The molecule has 0 unspecified atom stereocenters. The molecule has 1 saturated carbocycles. The minimum absolute atomic E-state index is 0.0253. The molecule has 2 fully saturated rings. The van der Waals surface area contributed by atoms with Gasteiger partial charge < -0.3 is 15.0 Å². The molecule has 7 heteroatoms. The van der Waals surface area contributed by atoms with E-state index < -0.39 is 0 Å². The topological polar surface area (TPSA) is 54.5 Å². The van der Waals surface area contributed by atoms with Gasteiger partial charge in [0.15, 0.2) is 0 Å². The number of likely N-dealkylation sites (tertiary alicyclic amines) is 1. The lowest BCUT2D eigenvalue weighted by molar-refractivity contribution is 0.109. The number of aromatic nitrogens is 1. The van der Waals surface area contributed by atoms with Gasteiger partial charge in [0.05, 0.1) is 4.70 Å². The van der Waals surface area contributed by atoms with E-state index in [0.717, 1.165) is 30.4 Å². The first kappa shape index (κ1) is 17.5. The van der Waals surface area contributed by atoms with Crippen LogP contribution in [0.5, 0.6) is 5.19 Å². The van der Waals surface area contributed by atoms with Crippen LogP contribution in [0.1, 0.15) is 44.9 Å². The van der Waals surface area contributed by atoms with Crippen molar-refractivity contribution in [2.75, 3.05) is 13.1 Å². The van der Waals surface area contributed by atoms with Crippen LogP contribution in [-0.2, 0) is 0 Å². The maximum Gasteiger partial charge on any atom is 0.317 e. The molecule has 26 heavy (non-hydrogen) atoms. The zero-order valence-electron chi connectivity index (χ0n) is 14.7. The Morgan fingerprint density at radius 1 is 1.19 bits per heavy atom. The second-order valence-corrected chi connectivity index (χ2v) is 8.15. The zero-order valence-corrected chi connectivity index (χ0v) is 15.6. The van der Waals surface area contributed by atoms with Gasteiger partial charge in [0.25, 0.3) is 5.19 Å². The van der Waals surface area contributed by atoms with Crippen molar-refractivity contribution >= 4 is 27.6 Å². The number of benzene rings is 1. The third kappa shape index (κ3) is 3.92. The third-order valence-corrected chi connectivity index (χ3v) is 6.19. The zero-order chi connectivity index (χ0) is 17.9. The monoisotopic (exact) mass is 377 g/mol. The van der Waals surface area contributed by atoms with Crippen LogP contribution in [-0.4, -0.2) is 41.2 Å². The first-order valence-electron chi connectivity index (χ1n) is 9.46. The number of piperidine rings is 1. The molecule has 2 heterocycles. The first-order valence-corrected chi connectivity index (χ1v) is 10.3. The molecule has 1 aliphatic heterocycles. The van der Waals surface area contributed by atoms with Crippen molar-refractivity contribution in [1.82, 2.24) is 15.2 Å². The van der Waals surface area contributed by atoms with Gasteiger partial charge in [0.1, 0.15) is 17.4 Å². The maximum absolute atomic E-state index is 13.7. The van der Waals surface area contributed by atoms with Gasteiger partial charge in [0.2, 0.25) is 0 Å². The summed E-state index contributed by atoms with van der Waals surface area (Å²) in [6, 6.07) is 5.33. The number of carbonyl (C=O) groups is 1. The van der Waals surface area contributed by atoms with Gasteiger partial charge in [0, 0.05) is 32.0 Å². The molecular formula is C19H24FN3O2S. The van der Waals surface area contributed by atoms with Crippen LogP contribution >= 0.6 is 11.3 Å². The largest absolute Gasteiger partial charge is 0.467 e. The number of nitrogens with one attached hydrogen (secondary N) is 1. The molecule has 4 rings (SSSR count). The van der Waals surface area contributed by atoms with Crippen LogP contribution in [0.2, 0.25) is 0 Å². The molecule has 2 aliphatic rings. The lowest BCUT2D eigenvalue weighted by Crippen LogP contribution is -2.49. The van der Waals surface area contributed by atoms with Crippen LogP contribution < -0.4 is 10.1 Å². The third-order valence-electron chi connectivity index (χ3n) is 5.28. The van der Waals surface area contributed by atoms with E-state index >= 15 is 0 Å². The number of amides is 2.